The number of anilines is 1. The summed E-state index contributed by atoms with van der Waals surface area (Å²) in [6.07, 6.45) is 0. The van der Waals surface area contributed by atoms with Crippen LogP contribution >= 0.6 is 11.6 Å². The predicted octanol–water partition coefficient (Wildman–Crippen LogP) is 2.22. The Morgan fingerprint density at radius 3 is 2.69 bits per heavy atom. The van der Waals surface area contributed by atoms with Crippen LogP contribution in [0.25, 0.3) is 0 Å². The van der Waals surface area contributed by atoms with Crippen molar-refractivity contribution in [2.75, 3.05) is 26.0 Å². The lowest BCUT2D eigenvalue weighted by Gasteiger charge is -2.16. The van der Waals surface area contributed by atoms with Gasteiger partial charge in [-0.2, -0.15) is 0 Å². The van der Waals surface area contributed by atoms with Gasteiger partial charge >= 0.3 is 0 Å². The van der Waals surface area contributed by atoms with Crippen LogP contribution < -0.4 is 15.0 Å². The van der Waals surface area contributed by atoms with Crippen molar-refractivity contribution in [2.45, 2.75) is 13.5 Å². The first-order chi connectivity index (χ1) is 12.3. The van der Waals surface area contributed by atoms with E-state index < -0.39 is 4.92 Å². The summed E-state index contributed by atoms with van der Waals surface area (Å²) in [6.45, 7) is 2.71. The van der Waals surface area contributed by atoms with Crippen LogP contribution in [0.15, 0.2) is 36.4 Å². The normalized spacial score (nSPS) is 11.7. The lowest BCUT2D eigenvalue weighted by molar-refractivity contribution is -0.885. The summed E-state index contributed by atoms with van der Waals surface area (Å²) in [5.74, 6) is 0.431. The maximum Gasteiger partial charge on any atom is 0.292 e. The van der Waals surface area contributed by atoms with Crippen LogP contribution in [-0.2, 0) is 11.3 Å². The van der Waals surface area contributed by atoms with Gasteiger partial charge in [0.2, 0.25) is 0 Å². The van der Waals surface area contributed by atoms with E-state index in [4.69, 9.17) is 16.3 Å². The average Bonchev–Trinajstić information content (AvgIpc) is 2.54. The molecule has 0 saturated carbocycles. The fourth-order valence-corrected chi connectivity index (χ4v) is 2.84. The smallest absolute Gasteiger partial charge is 0.292 e. The predicted molar refractivity (Wildman–Crippen MR) is 99.9 cm³/mol. The van der Waals surface area contributed by atoms with Crippen molar-refractivity contribution >= 4 is 28.9 Å². The van der Waals surface area contributed by atoms with Crippen LogP contribution in [0.5, 0.6) is 5.75 Å². The van der Waals surface area contributed by atoms with Crippen molar-refractivity contribution < 1.29 is 19.4 Å². The number of rotatable bonds is 7. The number of quaternary nitrogens is 1. The molecule has 0 saturated heterocycles. The van der Waals surface area contributed by atoms with Gasteiger partial charge in [0.15, 0.2) is 6.54 Å². The van der Waals surface area contributed by atoms with E-state index in [0.717, 1.165) is 21.8 Å². The molecule has 0 spiro atoms. The first kappa shape index (κ1) is 19.7. The van der Waals surface area contributed by atoms with E-state index >= 15 is 0 Å². The lowest BCUT2D eigenvalue weighted by Crippen LogP contribution is -3.08. The molecule has 0 aliphatic carbocycles. The number of aryl methyl sites for hydroxylation is 1. The summed E-state index contributed by atoms with van der Waals surface area (Å²) < 4.78 is 5.35. The highest BCUT2D eigenvalue weighted by Crippen LogP contribution is 2.27. The minimum absolute atomic E-state index is 0.0911. The fraction of sp³-hybridized carbons (Fsp3) is 0.278. The van der Waals surface area contributed by atoms with E-state index in [1.54, 1.807) is 7.11 Å². The molecule has 2 aromatic rings. The number of ether oxygens (including phenoxy) is 1. The van der Waals surface area contributed by atoms with Crippen molar-refractivity contribution in [1.29, 1.82) is 0 Å². The van der Waals surface area contributed by atoms with E-state index in [1.165, 1.54) is 18.2 Å². The zero-order valence-electron chi connectivity index (χ0n) is 14.8. The molecule has 0 aliphatic heterocycles. The third-order valence-electron chi connectivity index (χ3n) is 3.82. The Labute approximate surface area is 156 Å². The standard InChI is InChI=1S/C18H20ClN3O4/c1-12-4-7-17(26-3)13(8-12)10-21(2)11-18(23)20-15-9-14(19)5-6-16(15)22(24)25/h4-9H,10-11H2,1-3H3,(H,20,23)/p+1. The number of nitro groups is 1. The summed E-state index contributed by atoms with van der Waals surface area (Å²) in [5.41, 5.74) is 1.99. The number of hydrogen-bond donors (Lipinski definition) is 2. The molecule has 0 fully saturated rings. The van der Waals surface area contributed by atoms with Gasteiger partial charge in [0.05, 0.1) is 19.1 Å². The number of carbonyl (C=O) groups excluding carboxylic acids is 1. The third-order valence-corrected chi connectivity index (χ3v) is 4.05. The van der Waals surface area contributed by atoms with Gasteiger partial charge in [-0.3, -0.25) is 14.9 Å². The maximum absolute atomic E-state index is 12.3. The number of nitro benzene ring substituents is 1. The molecule has 0 aliphatic rings. The summed E-state index contributed by atoms with van der Waals surface area (Å²) in [4.78, 5) is 23.7. The molecule has 26 heavy (non-hydrogen) atoms. The Bertz CT molecular complexity index is 826. The Morgan fingerprint density at radius 1 is 1.31 bits per heavy atom. The van der Waals surface area contributed by atoms with E-state index in [9.17, 15) is 14.9 Å². The molecule has 1 atom stereocenters. The highest BCUT2D eigenvalue weighted by atomic mass is 35.5. The molecule has 2 rings (SSSR count). The van der Waals surface area contributed by atoms with Crippen molar-refractivity contribution in [1.82, 2.24) is 0 Å². The highest BCUT2D eigenvalue weighted by molar-refractivity contribution is 6.31. The summed E-state index contributed by atoms with van der Waals surface area (Å²) >= 11 is 5.87. The van der Waals surface area contributed by atoms with Crippen molar-refractivity contribution in [3.05, 3.63) is 62.7 Å². The van der Waals surface area contributed by atoms with Gasteiger partial charge in [-0.1, -0.05) is 23.2 Å². The Hall–Kier alpha value is -2.64. The SMILES string of the molecule is COc1ccc(C)cc1C[NH+](C)CC(=O)Nc1cc(Cl)ccc1[N+](=O)[O-]. The van der Waals surface area contributed by atoms with Crippen LogP contribution in [0, 0.1) is 17.0 Å². The van der Waals surface area contributed by atoms with Gasteiger partial charge in [0, 0.05) is 16.7 Å². The topological polar surface area (TPSA) is 85.9 Å². The molecule has 7 nitrogen and oxygen atoms in total. The summed E-state index contributed by atoms with van der Waals surface area (Å²) in [7, 11) is 3.47. The van der Waals surface area contributed by atoms with Gasteiger partial charge in [-0.25, -0.2) is 0 Å². The molecule has 8 heteroatoms. The molecule has 1 unspecified atom stereocenters. The Balaban J connectivity index is 2.05. The third kappa shape index (κ3) is 5.18. The fourth-order valence-electron chi connectivity index (χ4n) is 2.67. The minimum atomic E-state index is -0.555. The lowest BCUT2D eigenvalue weighted by atomic mass is 10.1. The van der Waals surface area contributed by atoms with Gasteiger partial charge in [0.1, 0.15) is 18.0 Å². The van der Waals surface area contributed by atoms with Crippen LogP contribution in [0.3, 0.4) is 0 Å². The zero-order chi connectivity index (χ0) is 19.3. The number of benzene rings is 2. The van der Waals surface area contributed by atoms with Gasteiger partial charge in [-0.15, -0.1) is 0 Å². The molecule has 0 radical (unpaired) electrons. The number of halogens is 1. The van der Waals surface area contributed by atoms with Crippen molar-refractivity contribution in [2.24, 2.45) is 0 Å². The second-order valence-corrected chi connectivity index (χ2v) is 6.53. The van der Waals surface area contributed by atoms with Crippen LogP contribution in [0.2, 0.25) is 5.02 Å². The number of carbonyl (C=O) groups is 1. The number of hydrogen-bond acceptors (Lipinski definition) is 4. The second-order valence-electron chi connectivity index (χ2n) is 6.09. The van der Waals surface area contributed by atoms with E-state index in [2.05, 4.69) is 5.32 Å². The van der Waals surface area contributed by atoms with Gasteiger partial charge < -0.3 is 15.0 Å². The van der Waals surface area contributed by atoms with E-state index in [-0.39, 0.29) is 23.8 Å². The number of amides is 1. The number of methoxy groups -OCH3 is 1. The second kappa shape index (κ2) is 8.64. The maximum atomic E-state index is 12.3. The number of nitrogens with one attached hydrogen (secondary N) is 2. The van der Waals surface area contributed by atoms with Crippen molar-refractivity contribution in [3.8, 4) is 5.75 Å². The molecule has 138 valence electrons. The molecule has 2 aromatic carbocycles. The monoisotopic (exact) mass is 378 g/mol. The zero-order valence-corrected chi connectivity index (χ0v) is 15.6. The highest BCUT2D eigenvalue weighted by Gasteiger charge is 2.19. The van der Waals surface area contributed by atoms with Gasteiger partial charge in [-0.05, 0) is 31.2 Å². The largest absolute Gasteiger partial charge is 0.496 e. The van der Waals surface area contributed by atoms with Crippen molar-refractivity contribution in [3.63, 3.8) is 0 Å². The molecule has 1 amide bonds. The van der Waals surface area contributed by atoms with E-state index in [0.29, 0.717) is 11.6 Å². The number of nitrogens with zero attached hydrogens (tertiary/aromatic N) is 1. The summed E-state index contributed by atoms with van der Waals surface area (Å²) in [6, 6.07) is 9.93. The quantitative estimate of drug-likeness (QED) is 0.571. The average molecular weight is 379 g/mol. The van der Waals surface area contributed by atoms with Gasteiger partial charge in [0.25, 0.3) is 11.6 Å². The van der Waals surface area contributed by atoms with Crippen LogP contribution in [0.4, 0.5) is 11.4 Å². The molecular formula is C18H21ClN3O4+. The van der Waals surface area contributed by atoms with Crippen LogP contribution in [0.1, 0.15) is 11.1 Å². The summed E-state index contributed by atoms with van der Waals surface area (Å²) in [5, 5.41) is 14.0. The molecule has 0 heterocycles. The first-order valence-electron chi connectivity index (χ1n) is 7.98. The van der Waals surface area contributed by atoms with E-state index in [1.807, 2.05) is 32.2 Å². The molecular weight excluding hydrogens is 358 g/mol. The Morgan fingerprint density at radius 2 is 2.04 bits per heavy atom. The number of likely N-dealkylation sites (N-methyl/N-ethyl adjacent to an activating group) is 1. The molecule has 0 aromatic heterocycles. The molecule has 0 bridgehead atoms. The minimum Gasteiger partial charge on any atom is -0.496 e. The Kier molecular flexibility index (Phi) is 6.54. The first-order valence-corrected chi connectivity index (χ1v) is 8.36. The molecule has 2 N–H and O–H groups in total. The van der Waals surface area contributed by atoms with Crippen LogP contribution in [-0.4, -0.2) is 31.5 Å².